The zero-order valence-electron chi connectivity index (χ0n) is 14.1. The number of fused-ring (bicyclic) bond motifs is 1. The Morgan fingerprint density at radius 3 is 2.50 bits per heavy atom. The van der Waals surface area contributed by atoms with Crippen LogP contribution in [0.2, 0.25) is 0 Å². The highest BCUT2D eigenvalue weighted by molar-refractivity contribution is 7.71. The minimum absolute atomic E-state index is 0.548. The van der Waals surface area contributed by atoms with Gasteiger partial charge in [0.1, 0.15) is 0 Å². The molecule has 0 unspecified atom stereocenters. The molecular weight excluding hydrogens is 326 g/mol. The van der Waals surface area contributed by atoms with Crippen LogP contribution >= 0.6 is 12.2 Å². The van der Waals surface area contributed by atoms with E-state index in [1.54, 1.807) is 21.3 Å². The van der Waals surface area contributed by atoms with E-state index in [0.717, 1.165) is 31.6 Å². The van der Waals surface area contributed by atoms with Gasteiger partial charge in [0.2, 0.25) is 5.75 Å². The van der Waals surface area contributed by atoms with E-state index in [0.29, 0.717) is 22.0 Å². The van der Waals surface area contributed by atoms with Crippen molar-refractivity contribution >= 4 is 12.2 Å². The van der Waals surface area contributed by atoms with Crippen LogP contribution in [0.5, 0.6) is 17.2 Å². The number of H-pyrrole nitrogens is 1. The summed E-state index contributed by atoms with van der Waals surface area (Å²) in [4.78, 5) is 9.73. The molecule has 128 valence electrons. The second kappa shape index (κ2) is 7.19. The third-order valence-electron chi connectivity index (χ3n) is 4.19. The molecule has 0 atom stereocenters. The van der Waals surface area contributed by atoms with Crippen LogP contribution in [0.15, 0.2) is 18.3 Å². The first-order valence-electron chi connectivity index (χ1n) is 7.73. The minimum Gasteiger partial charge on any atom is -0.493 e. The Kier molecular flexibility index (Phi) is 5.01. The highest BCUT2D eigenvalue weighted by atomic mass is 32.1. The van der Waals surface area contributed by atoms with Crippen LogP contribution in [0.3, 0.4) is 0 Å². The van der Waals surface area contributed by atoms with Gasteiger partial charge in [-0.1, -0.05) is 0 Å². The minimum atomic E-state index is 0.548. The van der Waals surface area contributed by atoms with Crippen molar-refractivity contribution < 1.29 is 14.2 Å². The predicted octanol–water partition coefficient (Wildman–Crippen LogP) is 2.72. The average molecular weight is 347 g/mol. The Bertz CT molecular complexity index is 766. The number of hydrogen-bond donors (Lipinski definition) is 1. The Labute approximate surface area is 146 Å². The summed E-state index contributed by atoms with van der Waals surface area (Å²) in [5.74, 6) is 1.97. The van der Waals surface area contributed by atoms with Crippen molar-refractivity contribution in [3.63, 3.8) is 0 Å². The number of methoxy groups -OCH3 is 3. The highest BCUT2D eigenvalue weighted by Crippen LogP contribution is 2.38. The summed E-state index contributed by atoms with van der Waals surface area (Å²) < 4.78 is 16.8. The second-order valence-corrected chi connectivity index (χ2v) is 6.07. The summed E-state index contributed by atoms with van der Waals surface area (Å²) in [6.07, 6.45) is 2.81. The van der Waals surface area contributed by atoms with Crippen molar-refractivity contribution in [1.82, 2.24) is 14.9 Å². The van der Waals surface area contributed by atoms with Crippen LogP contribution in [0.1, 0.15) is 16.8 Å². The van der Waals surface area contributed by atoms with E-state index in [9.17, 15) is 0 Å². The lowest BCUT2D eigenvalue weighted by Crippen LogP contribution is -2.30. The molecular formula is C17H21N3O3S. The van der Waals surface area contributed by atoms with E-state index < -0.39 is 0 Å². The summed E-state index contributed by atoms with van der Waals surface area (Å²) in [7, 11) is 4.87. The fraction of sp³-hybridized carbons (Fsp3) is 0.412. The molecule has 0 saturated heterocycles. The maximum Gasteiger partial charge on any atom is 0.203 e. The molecule has 2 aromatic rings. The van der Waals surface area contributed by atoms with Crippen LogP contribution in [0.4, 0.5) is 0 Å². The zero-order chi connectivity index (χ0) is 17.1. The molecule has 2 heterocycles. The van der Waals surface area contributed by atoms with Gasteiger partial charge in [0.05, 0.1) is 21.3 Å². The Balaban J connectivity index is 1.81. The number of benzene rings is 1. The molecule has 6 nitrogen and oxygen atoms in total. The monoisotopic (exact) mass is 347 g/mol. The van der Waals surface area contributed by atoms with Crippen molar-refractivity contribution in [3.05, 3.63) is 39.9 Å². The molecule has 0 saturated carbocycles. The van der Waals surface area contributed by atoms with Gasteiger partial charge in [0.15, 0.2) is 16.3 Å². The summed E-state index contributed by atoms with van der Waals surface area (Å²) in [5, 5.41) is 0. The fourth-order valence-electron chi connectivity index (χ4n) is 3.03. The normalized spacial score (nSPS) is 14.1. The number of nitrogens with one attached hydrogen (secondary N) is 1. The number of aromatic nitrogens is 2. The van der Waals surface area contributed by atoms with E-state index in [2.05, 4.69) is 14.9 Å². The van der Waals surface area contributed by atoms with Crippen LogP contribution in [0, 0.1) is 4.77 Å². The van der Waals surface area contributed by atoms with Crippen molar-refractivity contribution in [2.45, 2.75) is 19.5 Å². The molecule has 3 rings (SSSR count). The number of aromatic amines is 1. The second-order valence-electron chi connectivity index (χ2n) is 5.69. The van der Waals surface area contributed by atoms with Gasteiger partial charge >= 0.3 is 0 Å². The number of hydrogen-bond acceptors (Lipinski definition) is 6. The highest BCUT2D eigenvalue weighted by Gasteiger charge is 2.19. The molecule has 1 aliphatic rings. The third-order valence-corrected chi connectivity index (χ3v) is 4.39. The Hall–Kier alpha value is -2.12. The van der Waals surface area contributed by atoms with Crippen LogP contribution < -0.4 is 14.2 Å². The molecule has 0 bridgehead atoms. The lowest BCUT2D eigenvalue weighted by atomic mass is 10.1. The lowest BCUT2D eigenvalue weighted by Gasteiger charge is -2.28. The first-order valence-corrected chi connectivity index (χ1v) is 8.13. The smallest absolute Gasteiger partial charge is 0.203 e. The van der Waals surface area contributed by atoms with Crippen molar-refractivity contribution in [2.75, 3.05) is 27.9 Å². The van der Waals surface area contributed by atoms with Crippen molar-refractivity contribution in [1.29, 1.82) is 0 Å². The predicted molar refractivity (Wildman–Crippen MR) is 93.3 cm³/mol. The van der Waals surface area contributed by atoms with Crippen LogP contribution in [0.25, 0.3) is 0 Å². The Morgan fingerprint density at radius 1 is 1.17 bits per heavy atom. The molecule has 0 radical (unpaired) electrons. The van der Waals surface area contributed by atoms with Gasteiger partial charge in [-0.15, -0.1) is 0 Å². The zero-order valence-corrected chi connectivity index (χ0v) is 14.9. The van der Waals surface area contributed by atoms with Gasteiger partial charge in [-0.3, -0.25) is 4.90 Å². The van der Waals surface area contributed by atoms with Crippen molar-refractivity contribution in [2.24, 2.45) is 0 Å². The topological polar surface area (TPSA) is 59.6 Å². The summed E-state index contributed by atoms with van der Waals surface area (Å²) in [5.41, 5.74) is 3.50. The third kappa shape index (κ3) is 3.37. The van der Waals surface area contributed by atoms with Crippen LogP contribution in [-0.2, 0) is 19.5 Å². The number of ether oxygens (including phenoxy) is 3. The van der Waals surface area contributed by atoms with E-state index in [-0.39, 0.29) is 0 Å². The molecule has 1 aliphatic heterocycles. The standard InChI is InChI=1S/C17H21N3O3S/c1-21-14-6-11(7-15(22-2)16(14)23-3)9-20-5-4-13-12(10-20)8-18-17(24)19-13/h6-8H,4-5,9-10H2,1-3H3,(H,18,19,24). The number of nitrogens with zero attached hydrogens (tertiary/aromatic N) is 2. The molecule has 1 N–H and O–H groups in total. The van der Waals surface area contributed by atoms with Crippen molar-refractivity contribution in [3.8, 4) is 17.2 Å². The molecule has 1 aromatic carbocycles. The quantitative estimate of drug-likeness (QED) is 0.839. The average Bonchev–Trinajstić information content (AvgIpc) is 2.60. The largest absolute Gasteiger partial charge is 0.493 e. The molecule has 0 fully saturated rings. The van der Waals surface area contributed by atoms with Gasteiger partial charge < -0.3 is 19.2 Å². The van der Waals surface area contributed by atoms with Gasteiger partial charge in [-0.05, 0) is 29.9 Å². The molecule has 0 aliphatic carbocycles. The van der Waals surface area contributed by atoms with Gasteiger partial charge in [-0.25, -0.2) is 4.98 Å². The molecule has 0 spiro atoms. The summed E-state index contributed by atoms with van der Waals surface area (Å²) >= 11 is 5.09. The molecule has 1 aromatic heterocycles. The van der Waals surface area contributed by atoms with E-state index in [1.807, 2.05) is 18.3 Å². The fourth-order valence-corrected chi connectivity index (χ4v) is 3.20. The maximum absolute atomic E-state index is 5.43. The first-order chi connectivity index (χ1) is 11.6. The van der Waals surface area contributed by atoms with E-state index in [1.165, 1.54) is 11.3 Å². The maximum atomic E-state index is 5.43. The molecule has 0 amide bonds. The lowest BCUT2D eigenvalue weighted by molar-refractivity contribution is 0.241. The van der Waals surface area contributed by atoms with E-state index in [4.69, 9.17) is 26.4 Å². The Morgan fingerprint density at radius 2 is 1.88 bits per heavy atom. The van der Waals surface area contributed by atoms with Crippen LogP contribution in [-0.4, -0.2) is 42.7 Å². The summed E-state index contributed by atoms with van der Waals surface area (Å²) in [6.45, 7) is 2.59. The number of rotatable bonds is 5. The van der Waals surface area contributed by atoms with Gasteiger partial charge in [0.25, 0.3) is 0 Å². The first kappa shape index (κ1) is 16.7. The van der Waals surface area contributed by atoms with Gasteiger partial charge in [0, 0.05) is 43.5 Å². The summed E-state index contributed by atoms with van der Waals surface area (Å²) in [6, 6.07) is 3.99. The van der Waals surface area contributed by atoms with E-state index >= 15 is 0 Å². The molecule has 7 heteroatoms. The molecule has 24 heavy (non-hydrogen) atoms. The SMILES string of the molecule is COc1cc(CN2CCc3[nH]c(=S)ncc3C2)cc(OC)c1OC. The van der Waals surface area contributed by atoms with Gasteiger partial charge in [-0.2, -0.15) is 0 Å².